The van der Waals surface area contributed by atoms with Crippen LogP contribution < -0.4 is 15.4 Å². The average molecular weight is 491 g/mol. The van der Waals surface area contributed by atoms with Crippen LogP contribution in [0.1, 0.15) is 58.8 Å². The molecule has 6 rings (SSSR count). The Balaban J connectivity index is 1.56. The van der Waals surface area contributed by atoms with E-state index in [1.807, 2.05) is 78.9 Å². The van der Waals surface area contributed by atoms with Crippen molar-refractivity contribution in [2.24, 2.45) is 0 Å². The SMILES string of the molecule is CCCCCNc1cccc2c1C1(OC(=O)c3ccccc31)c1cc(Nc3ccccc3)c(C)cc1O2. The molecule has 2 aliphatic rings. The van der Waals surface area contributed by atoms with E-state index in [4.69, 9.17) is 9.47 Å². The van der Waals surface area contributed by atoms with Gasteiger partial charge in [0, 0.05) is 34.7 Å². The molecule has 5 heteroatoms. The van der Waals surface area contributed by atoms with Gasteiger partial charge in [0.15, 0.2) is 5.60 Å². The summed E-state index contributed by atoms with van der Waals surface area (Å²) in [7, 11) is 0. The second-order valence-corrected chi connectivity index (χ2v) is 9.69. The van der Waals surface area contributed by atoms with Crippen LogP contribution in [0.2, 0.25) is 0 Å². The van der Waals surface area contributed by atoms with Gasteiger partial charge in [0.05, 0.1) is 11.1 Å². The Kier molecular flexibility index (Phi) is 5.84. The van der Waals surface area contributed by atoms with Crippen LogP contribution >= 0.6 is 0 Å². The Labute approximate surface area is 217 Å². The Hall–Kier alpha value is -4.25. The van der Waals surface area contributed by atoms with Crippen molar-refractivity contribution in [3.8, 4) is 11.5 Å². The molecule has 186 valence electrons. The number of aryl methyl sites for hydroxylation is 1. The van der Waals surface area contributed by atoms with Gasteiger partial charge in [-0.25, -0.2) is 4.79 Å². The van der Waals surface area contributed by atoms with Crippen LogP contribution in [0.5, 0.6) is 11.5 Å². The topological polar surface area (TPSA) is 59.6 Å². The average Bonchev–Trinajstić information content (AvgIpc) is 3.21. The maximum absolute atomic E-state index is 13.3. The Bertz CT molecular complexity index is 1480. The van der Waals surface area contributed by atoms with Crippen molar-refractivity contribution in [1.29, 1.82) is 0 Å². The van der Waals surface area contributed by atoms with Gasteiger partial charge in [-0.2, -0.15) is 0 Å². The Morgan fingerprint density at radius 2 is 1.62 bits per heavy atom. The van der Waals surface area contributed by atoms with E-state index in [1.165, 1.54) is 0 Å². The highest BCUT2D eigenvalue weighted by atomic mass is 16.6. The largest absolute Gasteiger partial charge is 0.456 e. The van der Waals surface area contributed by atoms with Gasteiger partial charge in [-0.05, 0) is 61.4 Å². The number of unbranched alkanes of at least 4 members (excludes halogenated alkanes) is 2. The van der Waals surface area contributed by atoms with Crippen molar-refractivity contribution in [2.45, 2.75) is 38.7 Å². The first-order chi connectivity index (χ1) is 18.1. The van der Waals surface area contributed by atoms with Crippen molar-refractivity contribution >= 4 is 23.0 Å². The highest BCUT2D eigenvalue weighted by molar-refractivity contribution is 5.97. The van der Waals surface area contributed by atoms with Gasteiger partial charge in [0.2, 0.25) is 0 Å². The van der Waals surface area contributed by atoms with Crippen LogP contribution in [0.15, 0.2) is 84.9 Å². The number of benzene rings is 4. The number of hydrogen-bond donors (Lipinski definition) is 2. The molecule has 0 amide bonds. The molecule has 4 aromatic carbocycles. The fourth-order valence-corrected chi connectivity index (χ4v) is 5.43. The molecule has 0 saturated carbocycles. The summed E-state index contributed by atoms with van der Waals surface area (Å²) in [5.41, 5.74) is 5.82. The molecular weight excluding hydrogens is 460 g/mol. The van der Waals surface area contributed by atoms with Gasteiger partial charge >= 0.3 is 5.97 Å². The van der Waals surface area contributed by atoms with E-state index >= 15 is 0 Å². The van der Waals surface area contributed by atoms with Crippen LogP contribution in [-0.4, -0.2) is 12.5 Å². The molecule has 2 heterocycles. The number of anilines is 3. The molecule has 5 nitrogen and oxygen atoms in total. The van der Waals surface area contributed by atoms with Gasteiger partial charge < -0.3 is 20.1 Å². The molecule has 4 aromatic rings. The lowest BCUT2D eigenvalue weighted by molar-refractivity contribution is 0.0227. The maximum Gasteiger partial charge on any atom is 0.340 e. The summed E-state index contributed by atoms with van der Waals surface area (Å²) in [4.78, 5) is 13.3. The lowest BCUT2D eigenvalue weighted by Gasteiger charge is -2.38. The van der Waals surface area contributed by atoms with Gasteiger partial charge in [-0.3, -0.25) is 0 Å². The van der Waals surface area contributed by atoms with Crippen LogP contribution in [0.25, 0.3) is 0 Å². The summed E-state index contributed by atoms with van der Waals surface area (Å²) in [6.45, 7) is 5.08. The van der Waals surface area contributed by atoms with E-state index in [-0.39, 0.29) is 5.97 Å². The van der Waals surface area contributed by atoms with Crippen LogP contribution in [-0.2, 0) is 10.3 Å². The number of carbonyl (C=O) groups excluding carboxylic acids is 1. The predicted molar refractivity (Wildman–Crippen MR) is 147 cm³/mol. The molecule has 0 fully saturated rings. The van der Waals surface area contributed by atoms with Gasteiger partial charge in [0.1, 0.15) is 11.5 Å². The van der Waals surface area contributed by atoms with E-state index < -0.39 is 5.60 Å². The maximum atomic E-state index is 13.3. The molecule has 0 bridgehead atoms. The first-order valence-electron chi connectivity index (χ1n) is 13.0. The molecule has 0 radical (unpaired) electrons. The number of hydrogen-bond acceptors (Lipinski definition) is 5. The molecule has 1 spiro atoms. The molecule has 1 unspecified atom stereocenters. The van der Waals surface area contributed by atoms with E-state index in [0.717, 1.165) is 65.1 Å². The third-order valence-electron chi connectivity index (χ3n) is 7.22. The molecule has 2 aliphatic heterocycles. The standard InChI is InChI=1S/C32H30N2O3/c1-3-4-10-18-33-26-16-11-17-28-30(26)32(24-15-9-8-14-23(24)31(35)37-32)25-20-27(21(2)19-29(25)36-28)34-22-12-6-5-7-13-22/h5-9,11-17,19-20,33-34H,3-4,10,18H2,1-2H3. The number of nitrogens with one attached hydrogen (secondary N) is 2. The highest BCUT2D eigenvalue weighted by Crippen LogP contribution is 2.58. The smallest absolute Gasteiger partial charge is 0.340 e. The minimum absolute atomic E-state index is 0.326. The highest BCUT2D eigenvalue weighted by Gasteiger charge is 2.54. The number of ether oxygens (including phenoxy) is 2. The lowest BCUT2D eigenvalue weighted by Crippen LogP contribution is -2.34. The number of para-hydroxylation sites is 1. The molecule has 0 aromatic heterocycles. The Morgan fingerprint density at radius 1 is 0.811 bits per heavy atom. The minimum Gasteiger partial charge on any atom is -0.456 e. The number of carbonyl (C=O) groups is 1. The monoisotopic (exact) mass is 490 g/mol. The summed E-state index contributed by atoms with van der Waals surface area (Å²) in [5.74, 6) is 1.06. The minimum atomic E-state index is -1.12. The van der Waals surface area contributed by atoms with Crippen molar-refractivity contribution in [3.05, 3.63) is 113 Å². The van der Waals surface area contributed by atoms with Crippen molar-refractivity contribution in [3.63, 3.8) is 0 Å². The molecule has 37 heavy (non-hydrogen) atoms. The number of esters is 1. The molecular formula is C32H30N2O3. The second kappa shape index (κ2) is 9.32. The quantitative estimate of drug-likeness (QED) is 0.204. The fourth-order valence-electron chi connectivity index (χ4n) is 5.43. The summed E-state index contributed by atoms with van der Waals surface area (Å²) in [5, 5.41) is 7.15. The number of fused-ring (bicyclic) bond motifs is 6. The van der Waals surface area contributed by atoms with E-state index in [1.54, 1.807) is 0 Å². The molecule has 2 N–H and O–H groups in total. The van der Waals surface area contributed by atoms with Gasteiger partial charge in [-0.1, -0.05) is 62.2 Å². The van der Waals surface area contributed by atoms with Crippen molar-refractivity contribution < 1.29 is 14.3 Å². The van der Waals surface area contributed by atoms with Gasteiger partial charge in [0.25, 0.3) is 0 Å². The third kappa shape index (κ3) is 3.82. The zero-order chi connectivity index (χ0) is 25.4. The number of rotatable bonds is 7. The van der Waals surface area contributed by atoms with Crippen LogP contribution in [0.3, 0.4) is 0 Å². The van der Waals surface area contributed by atoms with Crippen molar-refractivity contribution in [2.75, 3.05) is 17.2 Å². The Morgan fingerprint density at radius 3 is 2.46 bits per heavy atom. The first-order valence-corrected chi connectivity index (χ1v) is 13.0. The summed E-state index contributed by atoms with van der Waals surface area (Å²) >= 11 is 0. The lowest BCUT2D eigenvalue weighted by atomic mass is 9.76. The molecule has 1 atom stereocenters. The van der Waals surface area contributed by atoms with E-state index in [0.29, 0.717) is 17.1 Å². The zero-order valence-electron chi connectivity index (χ0n) is 21.1. The molecule has 0 aliphatic carbocycles. The summed E-state index contributed by atoms with van der Waals surface area (Å²) < 4.78 is 12.9. The van der Waals surface area contributed by atoms with Gasteiger partial charge in [-0.15, -0.1) is 0 Å². The predicted octanol–water partition coefficient (Wildman–Crippen LogP) is 7.91. The first kappa shape index (κ1) is 23.2. The van der Waals surface area contributed by atoms with E-state index in [9.17, 15) is 4.79 Å². The second-order valence-electron chi connectivity index (χ2n) is 9.69. The summed E-state index contributed by atoms with van der Waals surface area (Å²) in [6, 6.07) is 27.8. The normalized spacial score (nSPS) is 16.9. The fraction of sp³-hybridized carbons (Fsp3) is 0.219. The van der Waals surface area contributed by atoms with Crippen LogP contribution in [0.4, 0.5) is 17.1 Å². The van der Waals surface area contributed by atoms with E-state index in [2.05, 4.69) is 30.5 Å². The van der Waals surface area contributed by atoms with Crippen LogP contribution in [0, 0.1) is 6.92 Å². The summed E-state index contributed by atoms with van der Waals surface area (Å²) in [6.07, 6.45) is 3.36. The third-order valence-corrected chi connectivity index (χ3v) is 7.22. The zero-order valence-corrected chi connectivity index (χ0v) is 21.1. The molecule has 0 saturated heterocycles. The van der Waals surface area contributed by atoms with Crippen molar-refractivity contribution in [1.82, 2.24) is 0 Å².